The van der Waals surface area contributed by atoms with Crippen LogP contribution in [0.2, 0.25) is 0 Å². The van der Waals surface area contributed by atoms with Crippen molar-refractivity contribution < 1.29 is 73.7 Å². The Morgan fingerprint density at radius 3 is 1.54 bits per heavy atom. The van der Waals surface area contributed by atoms with Gasteiger partial charge in [-0.05, 0) is 52.4 Å². The van der Waals surface area contributed by atoms with Gasteiger partial charge in [-0.25, -0.2) is 0 Å². The van der Waals surface area contributed by atoms with Crippen LogP contribution in [0, 0.1) is 17.3 Å². The zero-order chi connectivity index (χ0) is 54.3. The van der Waals surface area contributed by atoms with Gasteiger partial charge in [0.05, 0.1) is 39.0 Å². The van der Waals surface area contributed by atoms with Crippen LogP contribution in [0.5, 0.6) is 0 Å². The lowest BCUT2D eigenvalue weighted by Gasteiger charge is -2.21. The summed E-state index contributed by atoms with van der Waals surface area (Å²) >= 11 is 0. The number of amides is 2. The molecule has 2 atom stereocenters. The third-order valence-electron chi connectivity index (χ3n) is 12.0. The lowest BCUT2D eigenvalue weighted by molar-refractivity contribution is -0.144. The Morgan fingerprint density at radius 2 is 1.01 bits per heavy atom. The van der Waals surface area contributed by atoms with Crippen molar-refractivity contribution >= 4 is 52.7 Å². The van der Waals surface area contributed by atoms with Crippen molar-refractivity contribution in [2.24, 2.45) is 17.3 Å². The Morgan fingerprint density at radius 1 is 0.486 bits per heavy atom. The molecule has 0 aromatic carbocycles. The van der Waals surface area contributed by atoms with Crippen LogP contribution in [-0.2, 0) is 62.1 Å². The van der Waals surface area contributed by atoms with E-state index in [2.05, 4.69) is 10.6 Å². The van der Waals surface area contributed by atoms with Crippen molar-refractivity contribution in [3.05, 3.63) is 0 Å². The molecule has 4 N–H and O–H groups in total. The lowest BCUT2D eigenvalue weighted by atomic mass is 9.81. The Balaban J connectivity index is -0.00000134. The van der Waals surface area contributed by atoms with Gasteiger partial charge in [-0.1, -0.05) is 104 Å². The molecule has 17 heteroatoms. The number of carbonyl (C=O) groups excluding carboxylic acids is 7. The van der Waals surface area contributed by atoms with E-state index in [1.807, 2.05) is 27.7 Å². The summed E-state index contributed by atoms with van der Waals surface area (Å²) in [6.07, 6.45) is 20.4. The fourth-order valence-corrected chi connectivity index (χ4v) is 7.49. The number of hydrogen-bond acceptors (Lipinski definition) is 13. The van der Waals surface area contributed by atoms with Crippen LogP contribution < -0.4 is 10.6 Å². The van der Waals surface area contributed by atoms with E-state index in [-0.39, 0.29) is 99.8 Å². The summed E-state index contributed by atoms with van der Waals surface area (Å²) in [5.74, 6) is -3.24. The average molecular weight is 1030 g/mol. The molecule has 0 aromatic rings. The SMILES string of the molecule is CC(=O)CCC(=O)[C@H](CCCCNC(=O)COCCOCCNC(C)=O)CC(=O)C(C)(C)C.CCOCCOCCCC(=O)CC[C@H](CC(=O)CCCCCCCCCCCCCCCCC(=O)O)C(=O)O.[HH]. The second kappa shape index (κ2) is 48.0. The summed E-state index contributed by atoms with van der Waals surface area (Å²) in [6, 6.07) is 0. The second-order valence-corrected chi connectivity index (χ2v) is 19.8. The largest absolute Gasteiger partial charge is 0.481 e. The third kappa shape index (κ3) is 49.6. The van der Waals surface area contributed by atoms with Crippen LogP contribution >= 0.6 is 0 Å². The Kier molecular flexibility index (Phi) is 46.8. The molecule has 0 aliphatic heterocycles. The average Bonchev–Trinajstić information content (AvgIpc) is 3.31. The van der Waals surface area contributed by atoms with Crippen molar-refractivity contribution in [3.63, 3.8) is 0 Å². The lowest BCUT2D eigenvalue weighted by Crippen LogP contribution is -2.30. The fraction of sp³-hybridized carbons (Fsp3) is 0.836. The Bertz CT molecular complexity index is 1500. The molecule has 0 saturated carbocycles. The first kappa shape index (κ1) is 70.1. The van der Waals surface area contributed by atoms with E-state index < -0.39 is 23.3 Å². The molecule has 0 saturated heterocycles. The van der Waals surface area contributed by atoms with Gasteiger partial charge < -0.3 is 44.6 Å². The van der Waals surface area contributed by atoms with Crippen LogP contribution in [-0.4, -0.2) is 129 Å². The number of ketones is 5. The normalized spacial score (nSPS) is 12.0. The van der Waals surface area contributed by atoms with Gasteiger partial charge in [-0.2, -0.15) is 0 Å². The number of rotatable bonds is 50. The van der Waals surface area contributed by atoms with Gasteiger partial charge in [0, 0.05) is 97.4 Å². The quantitative estimate of drug-likeness (QED) is 0.0414. The maximum Gasteiger partial charge on any atom is 0.306 e. The number of carboxylic acids is 2. The minimum Gasteiger partial charge on any atom is -0.481 e. The van der Waals surface area contributed by atoms with Crippen LogP contribution in [0.15, 0.2) is 0 Å². The number of carbonyl (C=O) groups is 9. The predicted molar refractivity (Wildman–Crippen MR) is 280 cm³/mol. The number of aliphatic carboxylic acids is 2. The molecule has 0 unspecified atom stereocenters. The first-order valence-corrected chi connectivity index (χ1v) is 27.2. The summed E-state index contributed by atoms with van der Waals surface area (Å²) in [7, 11) is 0. The first-order chi connectivity index (χ1) is 34.3. The molecule has 0 spiro atoms. The minimum atomic E-state index is -0.994. The maximum absolute atomic E-state index is 12.5. The topological polar surface area (TPSA) is 255 Å². The van der Waals surface area contributed by atoms with Crippen molar-refractivity contribution in [3.8, 4) is 0 Å². The van der Waals surface area contributed by atoms with Gasteiger partial charge in [-0.15, -0.1) is 0 Å². The van der Waals surface area contributed by atoms with E-state index >= 15 is 0 Å². The van der Waals surface area contributed by atoms with E-state index in [9.17, 15) is 48.3 Å². The van der Waals surface area contributed by atoms with Crippen LogP contribution in [0.25, 0.3) is 0 Å². The molecule has 0 heterocycles. The number of ether oxygens (including phenoxy) is 4. The van der Waals surface area contributed by atoms with Gasteiger partial charge in [0.1, 0.15) is 35.5 Å². The van der Waals surface area contributed by atoms with Crippen LogP contribution in [0.1, 0.15) is 216 Å². The molecule has 72 heavy (non-hydrogen) atoms. The van der Waals surface area contributed by atoms with E-state index in [0.717, 1.165) is 38.5 Å². The van der Waals surface area contributed by atoms with E-state index in [1.54, 1.807) is 0 Å². The van der Waals surface area contributed by atoms with E-state index in [0.29, 0.717) is 97.7 Å². The maximum atomic E-state index is 12.5. The van der Waals surface area contributed by atoms with E-state index in [4.69, 9.17) is 24.1 Å². The molecule has 0 aliphatic rings. The monoisotopic (exact) mass is 1030 g/mol. The molecular weight excluding hydrogens is 929 g/mol. The summed E-state index contributed by atoms with van der Waals surface area (Å²) in [5.41, 5.74) is -0.510. The second-order valence-electron chi connectivity index (χ2n) is 19.8. The number of Topliss-reactive ketones (excluding diaryl/α,β-unsaturated/α-hetero) is 5. The van der Waals surface area contributed by atoms with Crippen molar-refractivity contribution in [1.82, 2.24) is 10.6 Å². The number of nitrogens with one attached hydrogen (secondary N) is 2. The van der Waals surface area contributed by atoms with Gasteiger partial charge in [0.15, 0.2) is 0 Å². The van der Waals surface area contributed by atoms with E-state index in [1.165, 1.54) is 65.2 Å². The molecule has 17 nitrogen and oxygen atoms in total. The molecule has 0 aliphatic carbocycles. The summed E-state index contributed by atoms with van der Waals surface area (Å²) in [4.78, 5) is 105. The highest BCUT2D eigenvalue weighted by Gasteiger charge is 2.28. The Hall–Kier alpha value is -3.93. The summed E-state index contributed by atoms with van der Waals surface area (Å²) in [5, 5.41) is 23.4. The number of unbranched alkanes of at least 4 members (excludes halogenated alkanes) is 14. The van der Waals surface area contributed by atoms with Crippen molar-refractivity contribution in [2.75, 3.05) is 65.9 Å². The number of carboxylic acid groups (broad SMARTS) is 2. The molecule has 420 valence electrons. The van der Waals surface area contributed by atoms with Gasteiger partial charge in [0.2, 0.25) is 11.8 Å². The molecule has 0 rings (SSSR count). The molecule has 0 bridgehead atoms. The molecule has 0 fully saturated rings. The molecule has 0 aromatic heterocycles. The highest BCUT2D eigenvalue weighted by atomic mass is 16.5. The fourth-order valence-electron chi connectivity index (χ4n) is 7.49. The van der Waals surface area contributed by atoms with Crippen LogP contribution in [0.4, 0.5) is 0 Å². The first-order valence-electron chi connectivity index (χ1n) is 27.2. The molecule has 2 amide bonds. The third-order valence-corrected chi connectivity index (χ3v) is 12.0. The van der Waals surface area contributed by atoms with Gasteiger partial charge >= 0.3 is 11.9 Å². The summed E-state index contributed by atoms with van der Waals surface area (Å²) < 4.78 is 21.1. The zero-order valence-electron chi connectivity index (χ0n) is 45.5. The van der Waals surface area contributed by atoms with Crippen molar-refractivity contribution in [2.45, 2.75) is 215 Å². The highest BCUT2D eigenvalue weighted by molar-refractivity contribution is 5.92. The van der Waals surface area contributed by atoms with Gasteiger partial charge in [0.25, 0.3) is 0 Å². The Labute approximate surface area is 434 Å². The van der Waals surface area contributed by atoms with Gasteiger partial charge in [-0.3, -0.25) is 38.4 Å². The van der Waals surface area contributed by atoms with Crippen molar-refractivity contribution in [1.29, 1.82) is 0 Å². The van der Waals surface area contributed by atoms with Crippen LogP contribution in [0.3, 0.4) is 0 Å². The zero-order valence-corrected chi connectivity index (χ0v) is 45.5. The molecule has 0 radical (unpaired) electrons. The summed E-state index contributed by atoms with van der Waals surface area (Å²) in [6.45, 7) is 14.3. The minimum absolute atomic E-state index is 0. The number of hydrogen-bond donors (Lipinski definition) is 4. The highest BCUT2D eigenvalue weighted by Crippen LogP contribution is 2.25. The smallest absolute Gasteiger partial charge is 0.306 e. The molecular formula is C55H100N2O15. The predicted octanol–water partition coefficient (Wildman–Crippen LogP) is 9.40. The standard InChI is InChI=1S/C31H56O8.C24H42N2O7.H2/c1-2-38-24-25-39-23-17-19-28(32)22-21-27(31(36)37)26-29(33)18-15-13-11-9-7-5-3-4-6-8-10-12-14-16-20-30(34)35;1-18(27)9-10-21(29)20(16-22(30)24(3,4)5)8-6-7-11-26-23(31)17-33-15-14-32-13-12-25-19(2)28;/h27H,2-26H2,1H3,(H,34,35)(H,36,37);20H,6-17H2,1-5H3,(H,25,28)(H,26,31);1H/t27-;20-;/m11./s1.